The highest BCUT2D eigenvalue weighted by molar-refractivity contribution is 5.87. The van der Waals surface area contributed by atoms with Crippen LogP contribution in [0.5, 0.6) is 0 Å². The second kappa shape index (κ2) is 4.84. The number of methoxy groups -OCH3 is 1. The Balaban J connectivity index is 2.79. The third-order valence-electron chi connectivity index (χ3n) is 3.40. The Kier molecular flexibility index (Phi) is 3.38. The van der Waals surface area contributed by atoms with Crippen molar-refractivity contribution in [3.05, 3.63) is 39.4 Å². The van der Waals surface area contributed by atoms with E-state index in [0.717, 1.165) is 22.2 Å². The number of hydrogen-bond acceptors (Lipinski definition) is 4. The van der Waals surface area contributed by atoms with E-state index in [0.29, 0.717) is 5.56 Å². The molecule has 2 rings (SSSR count). The van der Waals surface area contributed by atoms with Crippen LogP contribution in [0, 0.1) is 13.8 Å². The van der Waals surface area contributed by atoms with Gasteiger partial charge in [-0.05, 0) is 32.4 Å². The molecule has 2 aromatic heterocycles. The molecule has 2 aromatic rings. The Morgan fingerprint density at radius 2 is 2.11 bits per heavy atom. The topological polar surface area (TPSA) is 72.0 Å². The summed E-state index contributed by atoms with van der Waals surface area (Å²) in [6, 6.07) is 1.75. The standard InChI is InChI=1S/C14H16N2O3/c1-7-11(8(2)14(18)19-4)13(17)16-10-5-6-15-9(3)12(7)10/h5-6,8H,1-4H3,(H,16,17). The van der Waals surface area contributed by atoms with Gasteiger partial charge in [0.05, 0.1) is 18.5 Å². The van der Waals surface area contributed by atoms with Crippen LogP contribution in [0.25, 0.3) is 10.9 Å². The summed E-state index contributed by atoms with van der Waals surface area (Å²) in [5.41, 5.74) is 2.52. The van der Waals surface area contributed by atoms with E-state index in [-0.39, 0.29) is 5.56 Å². The van der Waals surface area contributed by atoms with Gasteiger partial charge in [0.25, 0.3) is 5.56 Å². The lowest BCUT2D eigenvalue weighted by Gasteiger charge is -2.14. The van der Waals surface area contributed by atoms with Crippen molar-refractivity contribution in [2.75, 3.05) is 7.11 Å². The van der Waals surface area contributed by atoms with Crippen LogP contribution < -0.4 is 5.56 Å². The van der Waals surface area contributed by atoms with Gasteiger partial charge in [0, 0.05) is 22.8 Å². The molecular weight excluding hydrogens is 244 g/mol. The van der Waals surface area contributed by atoms with Crippen LogP contribution in [-0.2, 0) is 9.53 Å². The molecular formula is C14H16N2O3. The maximum absolute atomic E-state index is 12.1. The predicted molar refractivity (Wildman–Crippen MR) is 72.3 cm³/mol. The summed E-state index contributed by atoms with van der Waals surface area (Å²) in [5.74, 6) is -1.02. The molecule has 0 bridgehead atoms. The number of carbonyl (C=O) groups excluding carboxylic acids is 1. The second-order valence-electron chi connectivity index (χ2n) is 4.56. The first-order chi connectivity index (χ1) is 8.97. The Bertz CT molecular complexity index is 704. The van der Waals surface area contributed by atoms with Crippen molar-refractivity contribution >= 4 is 16.9 Å². The highest BCUT2D eigenvalue weighted by atomic mass is 16.5. The first-order valence-electron chi connectivity index (χ1n) is 6.03. The number of ether oxygens (including phenoxy) is 1. The van der Waals surface area contributed by atoms with Gasteiger partial charge >= 0.3 is 5.97 Å². The minimum Gasteiger partial charge on any atom is -0.469 e. The van der Waals surface area contributed by atoms with E-state index >= 15 is 0 Å². The molecule has 100 valence electrons. The fraction of sp³-hybridized carbons (Fsp3) is 0.357. The third kappa shape index (κ3) is 2.12. The molecule has 5 heteroatoms. The van der Waals surface area contributed by atoms with Gasteiger partial charge in [0.15, 0.2) is 0 Å². The molecule has 2 heterocycles. The zero-order valence-electron chi connectivity index (χ0n) is 11.4. The zero-order chi connectivity index (χ0) is 14.2. The van der Waals surface area contributed by atoms with Gasteiger partial charge in [-0.1, -0.05) is 0 Å². The number of carbonyl (C=O) groups is 1. The number of rotatable bonds is 2. The fourth-order valence-corrected chi connectivity index (χ4v) is 2.45. The molecule has 0 spiro atoms. The van der Waals surface area contributed by atoms with E-state index in [1.165, 1.54) is 7.11 Å². The molecule has 0 radical (unpaired) electrons. The SMILES string of the molecule is COC(=O)C(C)c1c(C)c2c(C)nccc2[nH]c1=O. The number of pyridine rings is 2. The second-order valence-corrected chi connectivity index (χ2v) is 4.56. The first kappa shape index (κ1) is 13.3. The molecule has 0 fully saturated rings. The predicted octanol–water partition coefficient (Wildman–Crippen LogP) is 1.82. The van der Waals surface area contributed by atoms with Crippen molar-refractivity contribution in [3.63, 3.8) is 0 Å². The van der Waals surface area contributed by atoms with Crippen molar-refractivity contribution < 1.29 is 9.53 Å². The largest absolute Gasteiger partial charge is 0.469 e. The third-order valence-corrected chi connectivity index (χ3v) is 3.40. The number of H-pyrrole nitrogens is 1. The Morgan fingerprint density at radius 3 is 2.74 bits per heavy atom. The van der Waals surface area contributed by atoms with Gasteiger partial charge in [0.2, 0.25) is 0 Å². The number of aromatic nitrogens is 2. The van der Waals surface area contributed by atoms with Crippen molar-refractivity contribution in [2.24, 2.45) is 0 Å². The van der Waals surface area contributed by atoms with Crippen LogP contribution in [0.1, 0.15) is 29.7 Å². The van der Waals surface area contributed by atoms with E-state index in [9.17, 15) is 9.59 Å². The molecule has 0 aliphatic heterocycles. The van der Waals surface area contributed by atoms with Crippen LogP contribution in [-0.4, -0.2) is 23.0 Å². The Labute approximate surface area is 110 Å². The minimum atomic E-state index is -0.599. The number of nitrogens with zero attached hydrogens (tertiary/aromatic N) is 1. The highest BCUT2D eigenvalue weighted by Crippen LogP contribution is 2.24. The van der Waals surface area contributed by atoms with Crippen LogP contribution in [0.4, 0.5) is 0 Å². The van der Waals surface area contributed by atoms with Gasteiger partial charge in [0.1, 0.15) is 0 Å². The molecule has 5 nitrogen and oxygen atoms in total. The minimum absolute atomic E-state index is 0.256. The number of esters is 1. The summed E-state index contributed by atoms with van der Waals surface area (Å²) in [4.78, 5) is 30.8. The lowest BCUT2D eigenvalue weighted by atomic mass is 9.95. The molecule has 0 saturated heterocycles. The number of aryl methyl sites for hydroxylation is 2. The van der Waals surface area contributed by atoms with E-state index < -0.39 is 11.9 Å². The van der Waals surface area contributed by atoms with Gasteiger partial charge in [-0.3, -0.25) is 14.6 Å². The molecule has 0 aromatic carbocycles. The van der Waals surface area contributed by atoms with Gasteiger partial charge in [-0.2, -0.15) is 0 Å². The number of nitrogens with one attached hydrogen (secondary N) is 1. The molecule has 19 heavy (non-hydrogen) atoms. The zero-order valence-corrected chi connectivity index (χ0v) is 11.4. The van der Waals surface area contributed by atoms with Crippen LogP contribution in [0.2, 0.25) is 0 Å². The summed E-state index contributed by atoms with van der Waals surface area (Å²) in [6.45, 7) is 5.38. The van der Waals surface area contributed by atoms with Crippen molar-refractivity contribution in [2.45, 2.75) is 26.7 Å². The van der Waals surface area contributed by atoms with E-state index in [1.807, 2.05) is 13.8 Å². The Morgan fingerprint density at radius 1 is 1.42 bits per heavy atom. The van der Waals surface area contributed by atoms with Crippen molar-refractivity contribution in [1.82, 2.24) is 9.97 Å². The molecule has 0 amide bonds. The van der Waals surface area contributed by atoms with E-state index in [4.69, 9.17) is 4.74 Å². The Hall–Kier alpha value is -2.17. The smallest absolute Gasteiger partial charge is 0.313 e. The summed E-state index contributed by atoms with van der Waals surface area (Å²) in [7, 11) is 1.32. The quantitative estimate of drug-likeness (QED) is 0.836. The van der Waals surface area contributed by atoms with E-state index in [2.05, 4.69) is 9.97 Å². The summed E-state index contributed by atoms with van der Waals surface area (Å²) in [5, 5.41) is 0.882. The maximum atomic E-state index is 12.1. The van der Waals surface area contributed by atoms with Crippen molar-refractivity contribution in [3.8, 4) is 0 Å². The van der Waals surface area contributed by atoms with E-state index in [1.54, 1.807) is 19.2 Å². The van der Waals surface area contributed by atoms with Crippen LogP contribution in [0.3, 0.4) is 0 Å². The monoisotopic (exact) mass is 260 g/mol. The van der Waals surface area contributed by atoms with Gasteiger partial charge in [-0.25, -0.2) is 0 Å². The molecule has 0 aliphatic carbocycles. The number of fused-ring (bicyclic) bond motifs is 1. The van der Waals surface area contributed by atoms with Gasteiger partial charge in [-0.15, -0.1) is 0 Å². The lowest BCUT2D eigenvalue weighted by molar-refractivity contribution is -0.142. The van der Waals surface area contributed by atoms with Crippen molar-refractivity contribution in [1.29, 1.82) is 0 Å². The average molecular weight is 260 g/mol. The lowest BCUT2D eigenvalue weighted by Crippen LogP contribution is -2.23. The summed E-state index contributed by atoms with van der Waals surface area (Å²) in [6.07, 6.45) is 1.65. The normalized spacial score (nSPS) is 12.4. The molecule has 1 unspecified atom stereocenters. The molecule has 1 atom stereocenters. The molecule has 0 saturated carbocycles. The molecule has 0 aliphatic rings. The van der Waals surface area contributed by atoms with Crippen LogP contribution in [0.15, 0.2) is 17.1 Å². The summed E-state index contributed by atoms with van der Waals surface area (Å²) >= 11 is 0. The van der Waals surface area contributed by atoms with Gasteiger partial charge < -0.3 is 9.72 Å². The number of hydrogen-bond donors (Lipinski definition) is 1. The highest BCUT2D eigenvalue weighted by Gasteiger charge is 2.23. The fourth-order valence-electron chi connectivity index (χ4n) is 2.45. The maximum Gasteiger partial charge on any atom is 0.313 e. The average Bonchev–Trinajstić information content (AvgIpc) is 2.37. The first-order valence-corrected chi connectivity index (χ1v) is 6.03. The number of aromatic amines is 1. The molecule has 1 N–H and O–H groups in total. The van der Waals surface area contributed by atoms with Crippen LogP contribution >= 0.6 is 0 Å². The summed E-state index contributed by atoms with van der Waals surface area (Å²) < 4.78 is 4.71.